The molecule has 0 rings (SSSR count). The van der Waals surface area contributed by atoms with Crippen molar-refractivity contribution < 1.29 is 9.53 Å². The van der Waals surface area contributed by atoms with Gasteiger partial charge in [0.25, 0.3) is 0 Å². The Balaban J connectivity index is 4.32. The Morgan fingerprint density at radius 3 is 2.07 bits per heavy atom. The Labute approximate surface area is 89.8 Å². The highest BCUT2D eigenvalue weighted by atomic mass is 28.4. The van der Waals surface area contributed by atoms with Gasteiger partial charge in [-0.25, -0.2) is 0 Å². The van der Waals surface area contributed by atoms with Gasteiger partial charge in [0, 0.05) is 12.7 Å². The average Bonchev–Trinajstić information content (AvgIpc) is 2.01. The van der Waals surface area contributed by atoms with E-state index in [0.29, 0.717) is 0 Å². The first-order chi connectivity index (χ1) is 6.24. The number of rotatable bonds is 5. The van der Waals surface area contributed by atoms with Gasteiger partial charge in [0.1, 0.15) is 0 Å². The first-order valence-corrected chi connectivity index (χ1v) is 8.44. The zero-order valence-corrected chi connectivity index (χ0v) is 11.6. The van der Waals surface area contributed by atoms with E-state index in [9.17, 15) is 0 Å². The molecule has 3 heteroatoms. The van der Waals surface area contributed by atoms with Crippen LogP contribution >= 0.6 is 0 Å². The van der Waals surface area contributed by atoms with E-state index in [2.05, 4.69) is 40.8 Å². The van der Waals surface area contributed by atoms with Crippen molar-refractivity contribution >= 4 is 8.32 Å². The largest absolute Gasteiger partial charge is 0.414 e. The standard InChI is InChI=1S/C11H26O2Si/c1-7-10(8-9-12)13-14(5,6)11(2,3)4/h10,12H,7-9H2,1-6H3. The van der Waals surface area contributed by atoms with Crippen molar-refractivity contribution in [1.29, 1.82) is 0 Å². The Morgan fingerprint density at radius 1 is 1.29 bits per heavy atom. The maximum absolute atomic E-state index is 8.90. The maximum Gasteiger partial charge on any atom is 0.192 e. The van der Waals surface area contributed by atoms with Crippen molar-refractivity contribution in [2.45, 2.75) is 64.8 Å². The van der Waals surface area contributed by atoms with Gasteiger partial charge in [-0.1, -0.05) is 27.7 Å². The molecular weight excluding hydrogens is 192 g/mol. The minimum Gasteiger partial charge on any atom is -0.414 e. The Hall–Kier alpha value is 0.137. The molecule has 0 bridgehead atoms. The van der Waals surface area contributed by atoms with Crippen LogP contribution in [0.4, 0.5) is 0 Å². The zero-order chi connectivity index (χ0) is 11.4. The van der Waals surface area contributed by atoms with Gasteiger partial charge < -0.3 is 9.53 Å². The van der Waals surface area contributed by atoms with Gasteiger partial charge in [-0.3, -0.25) is 0 Å². The lowest BCUT2D eigenvalue weighted by atomic mass is 10.2. The molecule has 0 saturated carbocycles. The van der Waals surface area contributed by atoms with E-state index < -0.39 is 8.32 Å². The van der Waals surface area contributed by atoms with E-state index in [1.807, 2.05) is 0 Å². The van der Waals surface area contributed by atoms with Crippen molar-refractivity contribution in [3.05, 3.63) is 0 Å². The molecule has 0 aromatic carbocycles. The van der Waals surface area contributed by atoms with E-state index in [0.717, 1.165) is 12.8 Å². The maximum atomic E-state index is 8.90. The normalized spacial score (nSPS) is 15.6. The fourth-order valence-corrected chi connectivity index (χ4v) is 2.56. The number of aliphatic hydroxyl groups excluding tert-OH is 1. The molecule has 0 spiro atoms. The molecule has 0 aromatic rings. The summed E-state index contributed by atoms with van der Waals surface area (Å²) in [5.41, 5.74) is 0. The second-order valence-corrected chi connectivity index (χ2v) is 10.2. The molecule has 14 heavy (non-hydrogen) atoms. The minimum atomic E-state index is -1.64. The predicted octanol–water partition coefficient (Wildman–Crippen LogP) is 3.17. The fraction of sp³-hybridized carbons (Fsp3) is 1.00. The lowest BCUT2D eigenvalue weighted by molar-refractivity contribution is 0.136. The topological polar surface area (TPSA) is 29.5 Å². The van der Waals surface area contributed by atoms with Gasteiger partial charge in [0.05, 0.1) is 0 Å². The molecule has 1 atom stereocenters. The van der Waals surface area contributed by atoms with E-state index in [4.69, 9.17) is 9.53 Å². The second kappa shape index (κ2) is 5.28. The van der Waals surface area contributed by atoms with E-state index in [1.54, 1.807) is 0 Å². The molecule has 0 aliphatic heterocycles. The third-order valence-corrected chi connectivity index (χ3v) is 7.71. The van der Waals surface area contributed by atoms with Gasteiger partial charge in [0.2, 0.25) is 0 Å². The molecule has 0 radical (unpaired) electrons. The first kappa shape index (κ1) is 14.1. The Bertz CT molecular complexity index is 161. The van der Waals surface area contributed by atoms with Crippen LogP contribution < -0.4 is 0 Å². The summed E-state index contributed by atoms with van der Waals surface area (Å²) in [4.78, 5) is 0. The number of hydrogen-bond acceptors (Lipinski definition) is 2. The lowest BCUT2D eigenvalue weighted by Gasteiger charge is -2.39. The summed E-state index contributed by atoms with van der Waals surface area (Å²) in [6.07, 6.45) is 2.00. The number of hydrogen-bond donors (Lipinski definition) is 1. The molecule has 2 nitrogen and oxygen atoms in total. The van der Waals surface area contributed by atoms with Crippen LogP contribution in [0.15, 0.2) is 0 Å². The highest BCUT2D eigenvalue weighted by Gasteiger charge is 2.38. The summed E-state index contributed by atoms with van der Waals surface area (Å²) < 4.78 is 6.17. The van der Waals surface area contributed by atoms with Crippen LogP contribution in [0.3, 0.4) is 0 Å². The van der Waals surface area contributed by atoms with Gasteiger partial charge in [-0.05, 0) is 31.0 Å². The summed E-state index contributed by atoms with van der Waals surface area (Å²) in [7, 11) is -1.64. The smallest absolute Gasteiger partial charge is 0.192 e. The van der Waals surface area contributed by atoms with Crippen molar-refractivity contribution in [3.63, 3.8) is 0 Å². The molecular formula is C11H26O2Si. The first-order valence-electron chi connectivity index (χ1n) is 5.53. The summed E-state index contributed by atoms with van der Waals surface area (Å²) in [6, 6.07) is 0. The van der Waals surface area contributed by atoms with Crippen molar-refractivity contribution in [2.75, 3.05) is 6.61 Å². The molecule has 0 aromatic heterocycles. The average molecular weight is 218 g/mol. The molecule has 1 N–H and O–H groups in total. The molecule has 1 unspecified atom stereocenters. The highest BCUT2D eigenvalue weighted by molar-refractivity contribution is 6.74. The van der Waals surface area contributed by atoms with Crippen LogP contribution in [0.1, 0.15) is 40.5 Å². The molecule has 0 amide bonds. The molecule has 0 saturated heterocycles. The monoisotopic (exact) mass is 218 g/mol. The third-order valence-electron chi connectivity index (χ3n) is 3.17. The van der Waals surface area contributed by atoms with Gasteiger partial charge in [-0.15, -0.1) is 0 Å². The van der Waals surface area contributed by atoms with Crippen molar-refractivity contribution in [1.82, 2.24) is 0 Å². The zero-order valence-electron chi connectivity index (χ0n) is 10.6. The molecule has 0 heterocycles. The van der Waals surface area contributed by atoms with Crippen LogP contribution in [-0.4, -0.2) is 26.1 Å². The van der Waals surface area contributed by atoms with Crippen LogP contribution in [0.2, 0.25) is 18.1 Å². The predicted molar refractivity (Wildman–Crippen MR) is 64.1 cm³/mol. The Kier molecular flexibility index (Phi) is 5.34. The summed E-state index contributed by atoms with van der Waals surface area (Å²) in [5.74, 6) is 0. The molecule has 86 valence electrons. The minimum absolute atomic E-state index is 0.229. The SMILES string of the molecule is CCC(CCO)O[Si](C)(C)C(C)(C)C. The Morgan fingerprint density at radius 2 is 1.79 bits per heavy atom. The van der Waals surface area contributed by atoms with Crippen LogP contribution in [0.5, 0.6) is 0 Å². The van der Waals surface area contributed by atoms with Crippen LogP contribution in [0.25, 0.3) is 0 Å². The van der Waals surface area contributed by atoms with E-state index in [-0.39, 0.29) is 17.7 Å². The van der Waals surface area contributed by atoms with E-state index in [1.165, 1.54) is 0 Å². The van der Waals surface area contributed by atoms with Gasteiger partial charge in [-0.2, -0.15) is 0 Å². The molecule has 0 fully saturated rings. The van der Waals surface area contributed by atoms with Crippen LogP contribution in [0, 0.1) is 0 Å². The summed E-state index contributed by atoms with van der Waals surface area (Å²) >= 11 is 0. The lowest BCUT2D eigenvalue weighted by Crippen LogP contribution is -2.44. The highest BCUT2D eigenvalue weighted by Crippen LogP contribution is 2.37. The van der Waals surface area contributed by atoms with Crippen molar-refractivity contribution in [3.8, 4) is 0 Å². The number of aliphatic hydroxyl groups is 1. The fourth-order valence-electron chi connectivity index (χ4n) is 1.08. The second-order valence-electron chi connectivity index (χ2n) is 5.42. The summed E-state index contributed by atoms with van der Waals surface area (Å²) in [6.45, 7) is 13.6. The quantitative estimate of drug-likeness (QED) is 0.718. The summed E-state index contributed by atoms with van der Waals surface area (Å²) in [5, 5.41) is 9.16. The molecule has 0 aliphatic carbocycles. The van der Waals surface area contributed by atoms with Crippen LogP contribution in [-0.2, 0) is 4.43 Å². The van der Waals surface area contributed by atoms with E-state index >= 15 is 0 Å². The van der Waals surface area contributed by atoms with Gasteiger partial charge >= 0.3 is 0 Å². The third kappa shape index (κ3) is 4.11. The van der Waals surface area contributed by atoms with Crippen molar-refractivity contribution in [2.24, 2.45) is 0 Å². The van der Waals surface area contributed by atoms with Gasteiger partial charge in [0.15, 0.2) is 8.32 Å². The molecule has 0 aliphatic rings.